The SMILES string of the molecule is Cc1cc2nc(CCS)[nH]c2cc1C. The van der Waals surface area contributed by atoms with Gasteiger partial charge in [0.15, 0.2) is 0 Å². The van der Waals surface area contributed by atoms with Gasteiger partial charge >= 0.3 is 0 Å². The minimum absolute atomic E-state index is 0.831. The third kappa shape index (κ3) is 1.64. The maximum atomic E-state index is 4.50. The van der Waals surface area contributed by atoms with Crippen molar-refractivity contribution in [1.82, 2.24) is 9.97 Å². The van der Waals surface area contributed by atoms with E-state index in [4.69, 9.17) is 0 Å². The minimum Gasteiger partial charge on any atom is -0.342 e. The molecule has 0 atom stereocenters. The number of rotatable bonds is 2. The highest BCUT2D eigenvalue weighted by Crippen LogP contribution is 2.17. The van der Waals surface area contributed by atoms with Crippen molar-refractivity contribution >= 4 is 23.7 Å². The van der Waals surface area contributed by atoms with Crippen LogP contribution < -0.4 is 0 Å². The quantitative estimate of drug-likeness (QED) is 0.727. The highest BCUT2D eigenvalue weighted by Gasteiger charge is 2.03. The molecule has 1 aromatic carbocycles. The number of H-pyrrole nitrogens is 1. The number of hydrogen-bond acceptors (Lipinski definition) is 2. The van der Waals surface area contributed by atoms with Gasteiger partial charge in [0.2, 0.25) is 0 Å². The summed E-state index contributed by atoms with van der Waals surface area (Å²) in [6, 6.07) is 4.28. The molecule has 0 aliphatic rings. The third-order valence-corrected chi connectivity index (χ3v) is 2.72. The molecule has 0 fully saturated rings. The van der Waals surface area contributed by atoms with Crippen LogP contribution in [0.25, 0.3) is 11.0 Å². The molecular weight excluding hydrogens is 192 g/mol. The largest absolute Gasteiger partial charge is 0.342 e. The molecule has 0 saturated heterocycles. The Balaban J connectivity index is 2.54. The summed E-state index contributed by atoms with van der Waals surface area (Å²) in [7, 11) is 0. The fraction of sp³-hybridized carbons (Fsp3) is 0.364. The summed E-state index contributed by atoms with van der Waals surface area (Å²) in [5, 5.41) is 0. The van der Waals surface area contributed by atoms with Crippen molar-refractivity contribution in [3.63, 3.8) is 0 Å². The van der Waals surface area contributed by atoms with Crippen LogP contribution in [-0.4, -0.2) is 15.7 Å². The Kier molecular flexibility index (Phi) is 2.50. The van der Waals surface area contributed by atoms with E-state index >= 15 is 0 Å². The van der Waals surface area contributed by atoms with Gasteiger partial charge in [0.25, 0.3) is 0 Å². The lowest BCUT2D eigenvalue weighted by molar-refractivity contribution is 1.01. The topological polar surface area (TPSA) is 28.7 Å². The van der Waals surface area contributed by atoms with Gasteiger partial charge in [-0.25, -0.2) is 4.98 Å². The van der Waals surface area contributed by atoms with Crippen LogP contribution in [0.15, 0.2) is 12.1 Å². The number of benzene rings is 1. The van der Waals surface area contributed by atoms with E-state index in [0.29, 0.717) is 0 Å². The first-order chi connectivity index (χ1) is 6.70. The minimum atomic E-state index is 0.831. The van der Waals surface area contributed by atoms with Crippen molar-refractivity contribution in [2.75, 3.05) is 5.75 Å². The lowest BCUT2D eigenvalue weighted by Gasteiger charge is -1.97. The van der Waals surface area contributed by atoms with Gasteiger partial charge in [-0.3, -0.25) is 0 Å². The average Bonchev–Trinajstić information content (AvgIpc) is 2.48. The second-order valence-electron chi connectivity index (χ2n) is 3.61. The van der Waals surface area contributed by atoms with Crippen LogP contribution in [0.3, 0.4) is 0 Å². The average molecular weight is 206 g/mol. The van der Waals surface area contributed by atoms with Gasteiger partial charge in [0.1, 0.15) is 5.82 Å². The standard InChI is InChI=1S/C11H14N2S/c1-7-5-9-10(6-8(7)2)13-11(12-9)3-4-14/h5-6,14H,3-4H2,1-2H3,(H,12,13). The van der Waals surface area contributed by atoms with E-state index in [1.807, 2.05) is 0 Å². The summed E-state index contributed by atoms with van der Waals surface area (Å²) in [6.45, 7) is 4.23. The van der Waals surface area contributed by atoms with Crippen LogP contribution in [0.4, 0.5) is 0 Å². The van der Waals surface area contributed by atoms with Gasteiger partial charge in [-0.15, -0.1) is 0 Å². The molecule has 0 aliphatic heterocycles. The van der Waals surface area contributed by atoms with Crippen LogP contribution >= 0.6 is 12.6 Å². The van der Waals surface area contributed by atoms with Gasteiger partial charge < -0.3 is 4.98 Å². The molecule has 2 aromatic rings. The highest BCUT2D eigenvalue weighted by molar-refractivity contribution is 7.80. The van der Waals surface area contributed by atoms with Gasteiger partial charge in [-0.2, -0.15) is 12.6 Å². The Morgan fingerprint density at radius 1 is 1.29 bits per heavy atom. The molecule has 3 heteroatoms. The summed E-state index contributed by atoms with van der Waals surface area (Å²) in [5.74, 6) is 1.86. The molecule has 0 saturated carbocycles. The molecule has 1 heterocycles. The van der Waals surface area contributed by atoms with E-state index in [0.717, 1.165) is 29.0 Å². The van der Waals surface area contributed by atoms with E-state index in [1.165, 1.54) is 11.1 Å². The maximum absolute atomic E-state index is 4.50. The number of thiol groups is 1. The Morgan fingerprint density at radius 2 is 2.00 bits per heavy atom. The zero-order valence-corrected chi connectivity index (χ0v) is 9.36. The van der Waals surface area contributed by atoms with Gasteiger partial charge in [-0.1, -0.05) is 0 Å². The summed E-state index contributed by atoms with van der Waals surface area (Å²) in [4.78, 5) is 7.80. The second-order valence-corrected chi connectivity index (χ2v) is 4.06. The summed E-state index contributed by atoms with van der Waals surface area (Å²) in [5.41, 5.74) is 4.79. The van der Waals surface area contributed by atoms with Crippen LogP contribution in [-0.2, 0) is 6.42 Å². The highest BCUT2D eigenvalue weighted by atomic mass is 32.1. The number of nitrogens with one attached hydrogen (secondary N) is 1. The first kappa shape index (κ1) is 9.59. The number of nitrogens with zero attached hydrogens (tertiary/aromatic N) is 1. The number of imidazole rings is 1. The van der Waals surface area contributed by atoms with Gasteiger partial charge in [-0.05, 0) is 42.9 Å². The maximum Gasteiger partial charge on any atom is 0.108 e. The van der Waals surface area contributed by atoms with Gasteiger partial charge in [0, 0.05) is 6.42 Å². The summed E-state index contributed by atoms with van der Waals surface area (Å²) >= 11 is 4.19. The van der Waals surface area contributed by atoms with E-state index in [2.05, 4.69) is 48.6 Å². The molecule has 1 N–H and O–H groups in total. The first-order valence-electron chi connectivity index (χ1n) is 4.77. The Labute approximate surface area is 89.2 Å². The molecule has 1 aromatic heterocycles. The smallest absolute Gasteiger partial charge is 0.108 e. The third-order valence-electron chi connectivity index (χ3n) is 2.50. The first-order valence-corrected chi connectivity index (χ1v) is 5.40. The fourth-order valence-electron chi connectivity index (χ4n) is 1.55. The molecule has 0 aliphatic carbocycles. The van der Waals surface area contributed by atoms with E-state index in [-0.39, 0.29) is 0 Å². The van der Waals surface area contributed by atoms with Crippen molar-refractivity contribution in [3.05, 3.63) is 29.1 Å². The fourth-order valence-corrected chi connectivity index (χ4v) is 1.76. The molecule has 2 nitrogen and oxygen atoms in total. The number of hydrogen-bond donors (Lipinski definition) is 2. The van der Waals surface area contributed by atoms with Crippen molar-refractivity contribution in [1.29, 1.82) is 0 Å². The van der Waals surface area contributed by atoms with Crippen LogP contribution in [0.2, 0.25) is 0 Å². The normalized spacial score (nSPS) is 11.1. The van der Waals surface area contributed by atoms with E-state index < -0.39 is 0 Å². The van der Waals surface area contributed by atoms with Crippen molar-refractivity contribution in [2.24, 2.45) is 0 Å². The molecule has 0 radical (unpaired) electrons. The van der Waals surface area contributed by atoms with E-state index in [1.54, 1.807) is 0 Å². The lowest BCUT2D eigenvalue weighted by Crippen LogP contribution is -1.87. The Morgan fingerprint density at radius 3 is 2.71 bits per heavy atom. The molecular formula is C11H14N2S. The molecule has 0 bridgehead atoms. The molecule has 74 valence electrons. The van der Waals surface area contributed by atoms with Crippen molar-refractivity contribution < 1.29 is 0 Å². The molecule has 2 rings (SSSR count). The monoisotopic (exact) mass is 206 g/mol. The zero-order chi connectivity index (χ0) is 10.1. The molecule has 0 spiro atoms. The number of aromatic amines is 1. The molecule has 0 amide bonds. The number of fused-ring (bicyclic) bond motifs is 1. The van der Waals surface area contributed by atoms with Crippen LogP contribution in [0.1, 0.15) is 17.0 Å². The lowest BCUT2D eigenvalue weighted by atomic mass is 10.1. The summed E-state index contributed by atoms with van der Waals surface area (Å²) < 4.78 is 0. The summed E-state index contributed by atoms with van der Waals surface area (Å²) in [6.07, 6.45) is 0.899. The Hall–Kier alpha value is -0.960. The number of aryl methyl sites for hydroxylation is 3. The number of aromatic nitrogens is 2. The van der Waals surface area contributed by atoms with Gasteiger partial charge in [0.05, 0.1) is 11.0 Å². The predicted molar refractivity (Wildman–Crippen MR) is 63.1 cm³/mol. The van der Waals surface area contributed by atoms with E-state index in [9.17, 15) is 0 Å². The predicted octanol–water partition coefficient (Wildman–Crippen LogP) is 2.65. The Bertz CT molecular complexity index is 421. The zero-order valence-electron chi connectivity index (χ0n) is 8.46. The molecule has 0 unspecified atom stereocenters. The molecule has 14 heavy (non-hydrogen) atoms. The van der Waals surface area contributed by atoms with Crippen molar-refractivity contribution in [2.45, 2.75) is 20.3 Å². The van der Waals surface area contributed by atoms with Crippen LogP contribution in [0.5, 0.6) is 0 Å². The second kappa shape index (κ2) is 3.65. The van der Waals surface area contributed by atoms with Crippen molar-refractivity contribution in [3.8, 4) is 0 Å². The van der Waals surface area contributed by atoms with Crippen LogP contribution in [0, 0.1) is 13.8 Å².